The van der Waals surface area contributed by atoms with Crippen molar-refractivity contribution in [2.45, 2.75) is 25.5 Å². The van der Waals surface area contributed by atoms with Gasteiger partial charge in [-0.15, -0.1) is 0 Å². The second kappa shape index (κ2) is 8.97. The van der Waals surface area contributed by atoms with Crippen molar-refractivity contribution in [1.29, 1.82) is 0 Å². The summed E-state index contributed by atoms with van der Waals surface area (Å²) in [5, 5.41) is 3.10. The molecule has 0 fully saturated rings. The quantitative estimate of drug-likeness (QED) is 0.609. The third-order valence-corrected chi connectivity index (χ3v) is 5.29. The monoisotopic (exact) mass is 403 g/mol. The van der Waals surface area contributed by atoms with Crippen molar-refractivity contribution < 1.29 is 14.3 Å². The fourth-order valence-corrected chi connectivity index (χ4v) is 3.83. The van der Waals surface area contributed by atoms with E-state index in [2.05, 4.69) is 22.4 Å². The average Bonchev–Trinajstić information content (AvgIpc) is 3.40. The van der Waals surface area contributed by atoms with Gasteiger partial charge in [0.2, 0.25) is 5.91 Å². The average molecular weight is 403 g/mol. The van der Waals surface area contributed by atoms with Crippen molar-refractivity contribution in [3.63, 3.8) is 0 Å². The van der Waals surface area contributed by atoms with E-state index in [1.54, 1.807) is 32.7 Å². The Hall–Kier alpha value is -3.38. The van der Waals surface area contributed by atoms with Crippen molar-refractivity contribution in [2.75, 3.05) is 14.2 Å². The molecule has 3 aromatic rings. The molecular weight excluding hydrogens is 378 g/mol. The smallest absolute Gasteiger partial charge is 0.244 e. The first-order valence-corrected chi connectivity index (χ1v) is 9.94. The Morgan fingerprint density at radius 1 is 1.27 bits per heavy atom. The molecule has 1 N–H and O–H groups in total. The molecule has 1 amide bonds. The Kier molecular flexibility index (Phi) is 5.95. The summed E-state index contributed by atoms with van der Waals surface area (Å²) in [5.41, 5.74) is 5.14. The van der Waals surface area contributed by atoms with Crippen molar-refractivity contribution in [1.82, 2.24) is 14.9 Å². The maximum Gasteiger partial charge on any atom is 0.244 e. The van der Waals surface area contributed by atoms with Crippen LogP contribution in [0, 0.1) is 0 Å². The fraction of sp³-hybridized carbons (Fsp3) is 0.250. The number of hydrogen-bond donors (Lipinski definition) is 1. The normalized spacial score (nSPS) is 15.3. The maximum atomic E-state index is 12.4. The summed E-state index contributed by atoms with van der Waals surface area (Å²) in [6.07, 6.45) is 8.95. The fourth-order valence-electron chi connectivity index (χ4n) is 3.83. The number of nitrogens with zero attached hydrogens (tertiary/aromatic N) is 2. The number of ether oxygens (including phenoxy) is 2. The maximum absolute atomic E-state index is 12.4. The standard InChI is InChI=1S/C24H25N3O3/c1-29-15-19-14-27(16-25-19)22-11-7-17(13-23(22)30-2)8-12-24(28)26-21-10-9-18-5-3-4-6-20(18)21/h3-8,11-14,16,21H,9-10,15H2,1-2H3,(H,26,28). The van der Waals surface area contributed by atoms with Gasteiger partial charge in [0.15, 0.2) is 0 Å². The topological polar surface area (TPSA) is 65.4 Å². The molecule has 6 nitrogen and oxygen atoms in total. The van der Waals surface area contributed by atoms with Crippen LogP contribution in [0.15, 0.2) is 61.1 Å². The molecule has 6 heteroatoms. The van der Waals surface area contributed by atoms with E-state index in [1.807, 2.05) is 41.1 Å². The minimum atomic E-state index is -0.0986. The molecule has 0 saturated carbocycles. The van der Waals surface area contributed by atoms with Crippen LogP contribution in [0.3, 0.4) is 0 Å². The number of hydrogen-bond acceptors (Lipinski definition) is 4. The first kappa shape index (κ1) is 19.9. The molecule has 4 rings (SSSR count). The van der Waals surface area contributed by atoms with Gasteiger partial charge in [-0.2, -0.15) is 0 Å². The minimum Gasteiger partial charge on any atom is -0.495 e. The van der Waals surface area contributed by atoms with E-state index in [-0.39, 0.29) is 11.9 Å². The van der Waals surface area contributed by atoms with Gasteiger partial charge in [0.1, 0.15) is 5.75 Å². The number of carbonyl (C=O) groups excluding carboxylic acids is 1. The number of fused-ring (bicyclic) bond motifs is 1. The summed E-state index contributed by atoms with van der Waals surface area (Å²) in [4.78, 5) is 16.8. The van der Waals surface area contributed by atoms with E-state index in [0.29, 0.717) is 12.4 Å². The Morgan fingerprint density at radius 2 is 2.13 bits per heavy atom. The van der Waals surface area contributed by atoms with Gasteiger partial charge in [-0.05, 0) is 47.7 Å². The molecule has 1 unspecified atom stereocenters. The van der Waals surface area contributed by atoms with E-state index in [4.69, 9.17) is 9.47 Å². The highest BCUT2D eigenvalue weighted by atomic mass is 16.5. The van der Waals surface area contributed by atoms with Gasteiger partial charge in [-0.25, -0.2) is 4.98 Å². The molecule has 30 heavy (non-hydrogen) atoms. The molecule has 0 saturated heterocycles. The number of imidazole rings is 1. The number of benzene rings is 2. The van der Waals surface area contributed by atoms with E-state index >= 15 is 0 Å². The molecule has 2 aromatic carbocycles. The molecule has 1 aliphatic carbocycles. The molecule has 1 aliphatic rings. The van der Waals surface area contributed by atoms with Crippen LogP contribution in [0.5, 0.6) is 5.75 Å². The highest BCUT2D eigenvalue weighted by Gasteiger charge is 2.22. The molecule has 0 radical (unpaired) electrons. The number of carbonyl (C=O) groups is 1. The molecule has 1 aromatic heterocycles. The van der Waals surface area contributed by atoms with Gasteiger partial charge < -0.3 is 19.4 Å². The van der Waals surface area contributed by atoms with Crippen molar-refractivity contribution >= 4 is 12.0 Å². The van der Waals surface area contributed by atoms with E-state index in [1.165, 1.54) is 11.1 Å². The van der Waals surface area contributed by atoms with E-state index < -0.39 is 0 Å². The number of amides is 1. The Balaban J connectivity index is 1.45. The van der Waals surface area contributed by atoms with Gasteiger partial charge in [-0.1, -0.05) is 30.3 Å². The third kappa shape index (κ3) is 4.28. The summed E-state index contributed by atoms with van der Waals surface area (Å²) in [5.74, 6) is 0.599. The lowest BCUT2D eigenvalue weighted by molar-refractivity contribution is -0.117. The van der Waals surface area contributed by atoms with Crippen LogP contribution < -0.4 is 10.1 Å². The van der Waals surface area contributed by atoms with Crippen LogP contribution in [-0.4, -0.2) is 29.7 Å². The third-order valence-electron chi connectivity index (χ3n) is 5.29. The zero-order chi connectivity index (χ0) is 20.9. The van der Waals surface area contributed by atoms with Crippen molar-refractivity contribution in [2.24, 2.45) is 0 Å². The molecule has 0 spiro atoms. The molecule has 0 bridgehead atoms. The molecule has 154 valence electrons. The number of methoxy groups -OCH3 is 2. The molecular formula is C24H25N3O3. The van der Waals surface area contributed by atoms with Gasteiger partial charge in [-0.3, -0.25) is 4.79 Å². The van der Waals surface area contributed by atoms with Gasteiger partial charge in [0, 0.05) is 19.4 Å². The highest BCUT2D eigenvalue weighted by Crippen LogP contribution is 2.30. The van der Waals surface area contributed by atoms with Gasteiger partial charge in [0.25, 0.3) is 0 Å². The van der Waals surface area contributed by atoms with Crippen LogP contribution in [-0.2, 0) is 22.6 Å². The van der Waals surface area contributed by atoms with E-state index in [9.17, 15) is 4.79 Å². The first-order chi connectivity index (χ1) is 14.7. The summed E-state index contributed by atoms with van der Waals surface area (Å²) < 4.78 is 12.6. The molecule has 0 aliphatic heterocycles. The Bertz CT molecular complexity index is 1070. The minimum absolute atomic E-state index is 0.0813. The summed E-state index contributed by atoms with van der Waals surface area (Å²) in [7, 11) is 3.27. The van der Waals surface area contributed by atoms with Crippen LogP contribution in [0.2, 0.25) is 0 Å². The number of rotatable bonds is 7. The number of aryl methyl sites for hydroxylation is 1. The molecule has 1 heterocycles. The molecule has 1 atom stereocenters. The van der Waals surface area contributed by atoms with Crippen LogP contribution >= 0.6 is 0 Å². The second-order valence-electron chi connectivity index (χ2n) is 7.27. The van der Waals surface area contributed by atoms with Crippen LogP contribution in [0.4, 0.5) is 0 Å². The van der Waals surface area contributed by atoms with E-state index in [0.717, 1.165) is 29.8 Å². The van der Waals surface area contributed by atoms with Gasteiger partial charge >= 0.3 is 0 Å². The zero-order valence-corrected chi connectivity index (χ0v) is 17.2. The predicted molar refractivity (Wildman–Crippen MR) is 116 cm³/mol. The van der Waals surface area contributed by atoms with Crippen molar-refractivity contribution in [3.8, 4) is 11.4 Å². The van der Waals surface area contributed by atoms with Crippen molar-refractivity contribution in [3.05, 3.63) is 83.4 Å². The first-order valence-electron chi connectivity index (χ1n) is 9.94. The zero-order valence-electron chi connectivity index (χ0n) is 17.2. The highest BCUT2D eigenvalue weighted by molar-refractivity contribution is 5.92. The lowest BCUT2D eigenvalue weighted by Crippen LogP contribution is -2.25. The second-order valence-corrected chi connectivity index (χ2v) is 7.27. The Labute approximate surface area is 176 Å². The van der Waals surface area contributed by atoms with Crippen LogP contribution in [0.1, 0.15) is 34.8 Å². The lowest BCUT2D eigenvalue weighted by Gasteiger charge is -2.12. The van der Waals surface area contributed by atoms with Gasteiger partial charge in [0.05, 0.1) is 37.5 Å². The van der Waals surface area contributed by atoms with Crippen LogP contribution in [0.25, 0.3) is 11.8 Å². The SMILES string of the molecule is COCc1cn(-c2ccc(C=CC(=O)NC3CCc4ccccc43)cc2OC)cn1. The Morgan fingerprint density at radius 3 is 2.97 bits per heavy atom. The summed E-state index contributed by atoms with van der Waals surface area (Å²) in [6, 6.07) is 14.2. The number of nitrogens with one attached hydrogen (secondary N) is 1. The summed E-state index contributed by atoms with van der Waals surface area (Å²) >= 11 is 0. The number of aromatic nitrogens is 2. The summed E-state index contributed by atoms with van der Waals surface area (Å²) in [6.45, 7) is 0.455. The lowest BCUT2D eigenvalue weighted by atomic mass is 10.1. The largest absolute Gasteiger partial charge is 0.495 e. The predicted octanol–water partition coefficient (Wildman–Crippen LogP) is 3.84.